The summed E-state index contributed by atoms with van der Waals surface area (Å²) in [5.74, 6) is 0. The first-order chi connectivity index (χ1) is 14.2. The first kappa shape index (κ1) is 21.5. The summed E-state index contributed by atoms with van der Waals surface area (Å²) in [5, 5.41) is 11.5. The lowest BCUT2D eigenvalue weighted by molar-refractivity contribution is -0.902. The average Bonchev–Trinajstić information content (AvgIpc) is 2.78. The number of hydrogen-bond donors (Lipinski definition) is 4. The van der Waals surface area contributed by atoms with Crippen molar-refractivity contribution in [1.82, 2.24) is 20.9 Å². The molecule has 1 aliphatic rings. The van der Waals surface area contributed by atoms with E-state index in [1.807, 2.05) is 24.3 Å². The van der Waals surface area contributed by atoms with Gasteiger partial charge in [-0.1, -0.05) is 60.7 Å². The van der Waals surface area contributed by atoms with Crippen molar-refractivity contribution in [2.24, 2.45) is 0 Å². The van der Waals surface area contributed by atoms with E-state index in [-0.39, 0.29) is 0 Å². The maximum atomic E-state index is 5.57. The van der Waals surface area contributed by atoms with Crippen LogP contribution in [0.2, 0.25) is 0 Å². The van der Waals surface area contributed by atoms with Crippen LogP contribution in [0, 0.1) is 0 Å². The van der Waals surface area contributed by atoms with E-state index in [0.717, 1.165) is 62.6 Å². The number of piperazine rings is 1. The molecule has 29 heavy (non-hydrogen) atoms. The summed E-state index contributed by atoms with van der Waals surface area (Å²) in [4.78, 5) is 3.87. The first-order valence-corrected chi connectivity index (χ1v) is 11.0. The number of nitrogens with zero attached hydrogens (tertiary/aromatic N) is 1. The molecule has 2 aromatic carbocycles. The van der Waals surface area contributed by atoms with E-state index in [2.05, 4.69) is 57.2 Å². The fourth-order valence-corrected chi connectivity index (χ4v) is 3.78. The van der Waals surface area contributed by atoms with Crippen LogP contribution in [0.5, 0.6) is 0 Å². The zero-order valence-electron chi connectivity index (χ0n) is 16.7. The molecule has 1 saturated heterocycles. The van der Waals surface area contributed by atoms with Crippen molar-refractivity contribution in [3.05, 3.63) is 71.8 Å². The predicted octanol–water partition coefficient (Wildman–Crippen LogP) is 0.926. The molecule has 0 aromatic heterocycles. The molecule has 0 atom stereocenters. The highest BCUT2D eigenvalue weighted by Crippen LogP contribution is 1.99. The summed E-state index contributed by atoms with van der Waals surface area (Å²) in [6.07, 6.45) is 0. The monoisotopic (exact) mass is 428 g/mol. The normalized spacial score (nSPS) is 14.3. The molecule has 7 heteroatoms. The largest absolute Gasteiger partial charge is 0.359 e. The summed E-state index contributed by atoms with van der Waals surface area (Å²) in [6, 6.07) is 20.7. The van der Waals surface area contributed by atoms with Crippen LogP contribution in [0.4, 0.5) is 0 Å². The SMILES string of the molecule is S=C(NCC[NH+]1CCN(C(=S)NCc2ccccc2)CC1)NCc1ccccc1. The molecule has 0 unspecified atom stereocenters. The van der Waals surface area contributed by atoms with Gasteiger partial charge in [0.2, 0.25) is 0 Å². The highest BCUT2D eigenvalue weighted by atomic mass is 32.1. The molecule has 0 bridgehead atoms. The van der Waals surface area contributed by atoms with Gasteiger partial charge < -0.3 is 25.8 Å². The van der Waals surface area contributed by atoms with Crippen LogP contribution in [0.25, 0.3) is 0 Å². The predicted molar refractivity (Wildman–Crippen MR) is 127 cm³/mol. The molecule has 1 heterocycles. The summed E-state index contributed by atoms with van der Waals surface area (Å²) in [6.45, 7) is 7.66. The fraction of sp³-hybridized carbons (Fsp3) is 0.364. The molecular weight excluding hydrogens is 398 g/mol. The Kier molecular flexibility index (Phi) is 8.67. The van der Waals surface area contributed by atoms with Gasteiger partial charge >= 0.3 is 0 Å². The summed E-state index contributed by atoms with van der Waals surface area (Å²) in [7, 11) is 0. The third-order valence-electron chi connectivity index (χ3n) is 5.10. The molecule has 0 saturated carbocycles. The Hall–Kier alpha value is -2.22. The second-order valence-corrected chi connectivity index (χ2v) is 8.02. The lowest BCUT2D eigenvalue weighted by Crippen LogP contribution is -3.15. The first-order valence-electron chi connectivity index (χ1n) is 10.2. The Balaban J connectivity index is 1.26. The van der Waals surface area contributed by atoms with Gasteiger partial charge in [0.1, 0.15) is 0 Å². The maximum Gasteiger partial charge on any atom is 0.169 e. The molecule has 0 aliphatic carbocycles. The van der Waals surface area contributed by atoms with Crippen molar-refractivity contribution < 1.29 is 4.90 Å². The third kappa shape index (κ3) is 7.61. The van der Waals surface area contributed by atoms with Gasteiger partial charge in [-0.3, -0.25) is 0 Å². The highest BCUT2D eigenvalue weighted by Gasteiger charge is 2.21. The third-order valence-corrected chi connectivity index (χ3v) is 5.80. The number of quaternary nitrogens is 1. The van der Waals surface area contributed by atoms with Gasteiger partial charge in [0.05, 0.1) is 39.3 Å². The molecule has 5 nitrogen and oxygen atoms in total. The second-order valence-electron chi connectivity index (χ2n) is 7.23. The maximum absolute atomic E-state index is 5.57. The van der Waals surface area contributed by atoms with Crippen molar-refractivity contribution in [2.45, 2.75) is 13.1 Å². The van der Waals surface area contributed by atoms with Crippen LogP contribution in [0.3, 0.4) is 0 Å². The zero-order chi connectivity index (χ0) is 20.3. The number of hydrogen-bond acceptors (Lipinski definition) is 2. The molecule has 1 aliphatic heterocycles. The molecule has 3 rings (SSSR count). The van der Waals surface area contributed by atoms with E-state index in [1.54, 1.807) is 4.90 Å². The topological polar surface area (TPSA) is 43.8 Å². The summed E-state index contributed by atoms with van der Waals surface area (Å²) in [5.41, 5.74) is 2.48. The van der Waals surface area contributed by atoms with Gasteiger partial charge in [0.15, 0.2) is 10.2 Å². The van der Waals surface area contributed by atoms with Crippen LogP contribution < -0.4 is 20.9 Å². The molecule has 154 valence electrons. The standard InChI is InChI=1S/C22H29N5S2/c28-21(24-17-19-7-3-1-4-8-19)23-11-12-26-13-15-27(16-14-26)22(29)25-18-20-9-5-2-6-10-20/h1-10H,11-18H2,(H,25,29)(H2,23,24,28)/p+1. The number of benzene rings is 2. The van der Waals surface area contributed by atoms with Crippen molar-refractivity contribution in [3.63, 3.8) is 0 Å². The van der Waals surface area contributed by atoms with Crippen LogP contribution in [0.15, 0.2) is 60.7 Å². The van der Waals surface area contributed by atoms with Gasteiger partial charge in [-0.25, -0.2) is 0 Å². The van der Waals surface area contributed by atoms with Crippen molar-refractivity contribution in [2.75, 3.05) is 39.3 Å². The van der Waals surface area contributed by atoms with E-state index in [0.29, 0.717) is 0 Å². The Morgan fingerprint density at radius 3 is 1.93 bits per heavy atom. The molecule has 4 N–H and O–H groups in total. The molecule has 1 fully saturated rings. The molecule has 2 aromatic rings. The van der Waals surface area contributed by atoms with E-state index in [4.69, 9.17) is 24.4 Å². The molecule has 0 spiro atoms. The lowest BCUT2D eigenvalue weighted by Gasteiger charge is -2.34. The number of thiocarbonyl (C=S) groups is 2. The zero-order valence-corrected chi connectivity index (χ0v) is 18.3. The van der Waals surface area contributed by atoms with E-state index < -0.39 is 0 Å². The van der Waals surface area contributed by atoms with Gasteiger partial charge in [-0.2, -0.15) is 0 Å². The summed E-state index contributed by atoms with van der Waals surface area (Å²) < 4.78 is 0. The van der Waals surface area contributed by atoms with Crippen molar-refractivity contribution in [3.8, 4) is 0 Å². The molecule has 0 amide bonds. The van der Waals surface area contributed by atoms with Gasteiger partial charge in [0.25, 0.3) is 0 Å². The van der Waals surface area contributed by atoms with Crippen LogP contribution in [0.1, 0.15) is 11.1 Å². The minimum absolute atomic E-state index is 0.721. The van der Waals surface area contributed by atoms with Crippen molar-refractivity contribution in [1.29, 1.82) is 0 Å². The number of rotatable bonds is 7. The smallest absolute Gasteiger partial charge is 0.169 e. The molecular formula is C22H30N5S2+. The van der Waals surface area contributed by atoms with Crippen LogP contribution >= 0.6 is 24.4 Å². The quantitative estimate of drug-likeness (QED) is 0.492. The lowest BCUT2D eigenvalue weighted by atomic mass is 10.2. The Bertz CT molecular complexity index is 759. The van der Waals surface area contributed by atoms with E-state index >= 15 is 0 Å². The Labute approximate surface area is 184 Å². The van der Waals surface area contributed by atoms with Crippen LogP contribution in [-0.4, -0.2) is 54.4 Å². The Morgan fingerprint density at radius 2 is 1.34 bits per heavy atom. The van der Waals surface area contributed by atoms with Gasteiger partial charge in [-0.05, 0) is 35.6 Å². The minimum Gasteiger partial charge on any atom is -0.359 e. The molecule has 0 radical (unpaired) electrons. The average molecular weight is 429 g/mol. The fourth-order valence-electron chi connectivity index (χ4n) is 3.35. The van der Waals surface area contributed by atoms with Gasteiger partial charge in [0, 0.05) is 13.1 Å². The second kappa shape index (κ2) is 11.7. The Morgan fingerprint density at radius 1 is 0.793 bits per heavy atom. The number of nitrogens with one attached hydrogen (secondary N) is 4. The highest BCUT2D eigenvalue weighted by molar-refractivity contribution is 7.80. The van der Waals surface area contributed by atoms with Crippen molar-refractivity contribution >= 4 is 34.7 Å². The van der Waals surface area contributed by atoms with Gasteiger partial charge in [-0.15, -0.1) is 0 Å². The minimum atomic E-state index is 0.721. The van der Waals surface area contributed by atoms with E-state index in [1.165, 1.54) is 11.1 Å². The van der Waals surface area contributed by atoms with Crippen LogP contribution in [-0.2, 0) is 13.1 Å². The van der Waals surface area contributed by atoms with E-state index in [9.17, 15) is 0 Å². The summed E-state index contributed by atoms with van der Waals surface area (Å²) >= 11 is 10.9.